The zero-order chi connectivity index (χ0) is 17.0. The molecule has 0 radical (unpaired) electrons. The van der Waals surface area contributed by atoms with Gasteiger partial charge in [-0.15, -0.1) is 0 Å². The molecule has 1 aromatic heterocycles. The lowest BCUT2D eigenvalue weighted by atomic mass is 10.1. The van der Waals surface area contributed by atoms with Gasteiger partial charge in [-0.05, 0) is 30.7 Å². The second-order valence-electron chi connectivity index (χ2n) is 5.79. The van der Waals surface area contributed by atoms with Gasteiger partial charge in [0.1, 0.15) is 5.82 Å². The lowest BCUT2D eigenvalue weighted by Crippen LogP contribution is -2.23. The van der Waals surface area contributed by atoms with E-state index in [0.29, 0.717) is 18.2 Å². The molecule has 1 heterocycles. The van der Waals surface area contributed by atoms with Gasteiger partial charge in [0, 0.05) is 24.8 Å². The first kappa shape index (κ1) is 17.5. The van der Waals surface area contributed by atoms with Gasteiger partial charge in [-0.2, -0.15) is 13.2 Å². The Labute approximate surface area is 132 Å². The van der Waals surface area contributed by atoms with Gasteiger partial charge in [-0.1, -0.05) is 13.8 Å². The van der Waals surface area contributed by atoms with Gasteiger partial charge < -0.3 is 9.88 Å². The van der Waals surface area contributed by atoms with E-state index >= 15 is 0 Å². The first-order valence-electron chi connectivity index (χ1n) is 7.37. The summed E-state index contributed by atoms with van der Waals surface area (Å²) in [5.41, 5.74) is -0.643. The van der Waals surface area contributed by atoms with Crippen molar-refractivity contribution < 1.29 is 17.6 Å². The van der Waals surface area contributed by atoms with Crippen LogP contribution in [0.25, 0.3) is 11.3 Å². The molecular formula is C16H19F4N3. The Kier molecular flexibility index (Phi) is 5.41. The third-order valence-electron chi connectivity index (χ3n) is 3.30. The van der Waals surface area contributed by atoms with Crippen molar-refractivity contribution in [2.24, 2.45) is 5.92 Å². The van der Waals surface area contributed by atoms with Crippen molar-refractivity contribution in [1.29, 1.82) is 0 Å². The van der Waals surface area contributed by atoms with E-state index in [-0.39, 0.29) is 5.56 Å². The number of hydrogen-bond acceptors (Lipinski definition) is 2. The third-order valence-corrected chi connectivity index (χ3v) is 3.30. The predicted molar refractivity (Wildman–Crippen MR) is 80.3 cm³/mol. The summed E-state index contributed by atoms with van der Waals surface area (Å²) in [5, 5.41) is 3.27. The summed E-state index contributed by atoms with van der Waals surface area (Å²) in [6.45, 7) is 6.51. The SMILES string of the molecule is CC(C)CNCCn1cnc(-c2ccc(F)c(C(F)(F)F)c2)c1. The minimum Gasteiger partial charge on any atom is -0.336 e. The van der Waals surface area contributed by atoms with Crippen molar-refractivity contribution in [3.63, 3.8) is 0 Å². The Bertz CT molecular complexity index is 647. The van der Waals surface area contributed by atoms with Crippen LogP contribution < -0.4 is 5.32 Å². The van der Waals surface area contributed by atoms with E-state index < -0.39 is 17.6 Å². The van der Waals surface area contributed by atoms with Crippen LogP contribution in [0, 0.1) is 11.7 Å². The number of nitrogens with one attached hydrogen (secondary N) is 1. The molecule has 0 unspecified atom stereocenters. The number of aromatic nitrogens is 2. The van der Waals surface area contributed by atoms with Crippen LogP contribution in [-0.2, 0) is 12.7 Å². The fourth-order valence-electron chi connectivity index (χ4n) is 2.13. The van der Waals surface area contributed by atoms with Gasteiger partial charge in [-0.3, -0.25) is 0 Å². The van der Waals surface area contributed by atoms with E-state index in [1.165, 1.54) is 6.07 Å². The van der Waals surface area contributed by atoms with Crippen LogP contribution >= 0.6 is 0 Å². The van der Waals surface area contributed by atoms with Crippen molar-refractivity contribution in [3.05, 3.63) is 42.1 Å². The molecule has 2 aromatic rings. The van der Waals surface area contributed by atoms with Crippen LogP contribution in [0.2, 0.25) is 0 Å². The summed E-state index contributed by atoms with van der Waals surface area (Å²) in [4.78, 5) is 4.10. The summed E-state index contributed by atoms with van der Waals surface area (Å²) >= 11 is 0. The molecule has 0 aliphatic rings. The summed E-state index contributed by atoms with van der Waals surface area (Å²) in [7, 11) is 0. The number of benzene rings is 1. The number of halogens is 4. The first-order valence-corrected chi connectivity index (χ1v) is 7.37. The quantitative estimate of drug-likeness (QED) is 0.642. The number of rotatable bonds is 6. The van der Waals surface area contributed by atoms with E-state index in [1.54, 1.807) is 17.1 Å². The molecule has 2 rings (SSSR count). The van der Waals surface area contributed by atoms with Gasteiger partial charge in [0.2, 0.25) is 0 Å². The van der Waals surface area contributed by atoms with E-state index in [2.05, 4.69) is 24.1 Å². The van der Waals surface area contributed by atoms with E-state index in [4.69, 9.17) is 0 Å². The molecule has 0 atom stereocenters. The Hall–Kier alpha value is -1.89. The van der Waals surface area contributed by atoms with Gasteiger partial charge in [0.15, 0.2) is 0 Å². The molecule has 0 saturated heterocycles. The molecule has 0 amide bonds. The molecule has 0 aliphatic heterocycles. The number of alkyl halides is 3. The summed E-state index contributed by atoms with van der Waals surface area (Å²) < 4.78 is 53.3. The standard InChI is InChI=1S/C16H19F4N3/c1-11(2)8-21-5-6-23-9-15(22-10-23)12-3-4-14(17)13(7-12)16(18,19)20/h3-4,7,9-11,21H,5-6,8H2,1-2H3. The average Bonchev–Trinajstić information content (AvgIpc) is 2.91. The minimum absolute atomic E-state index is 0.243. The molecule has 3 nitrogen and oxygen atoms in total. The Morgan fingerprint density at radius 2 is 2.00 bits per heavy atom. The molecule has 0 aliphatic carbocycles. The smallest absolute Gasteiger partial charge is 0.336 e. The monoisotopic (exact) mass is 329 g/mol. The lowest BCUT2D eigenvalue weighted by Gasteiger charge is -2.09. The van der Waals surface area contributed by atoms with Crippen LogP contribution in [0.15, 0.2) is 30.7 Å². The largest absolute Gasteiger partial charge is 0.419 e. The predicted octanol–water partition coefficient (Wildman–Crippen LogP) is 3.95. The van der Waals surface area contributed by atoms with E-state index in [1.807, 2.05) is 0 Å². The molecule has 126 valence electrons. The van der Waals surface area contributed by atoms with Gasteiger partial charge in [0.05, 0.1) is 17.6 Å². The van der Waals surface area contributed by atoms with Crippen LogP contribution in [0.5, 0.6) is 0 Å². The molecule has 23 heavy (non-hydrogen) atoms. The zero-order valence-electron chi connectivity index (χ0n) is 13.0. The van der Waals surface area contributed by atoms with Crippen LogP contribution in [0.4, 0.5) is 17.6 Å². The molecule has 0 spiro atoms. The second kappa shape index (κ2) is 7.12. The third kappa shape index (κ3) is 4.79. The highest BCUT2D eigenvalue weighted by Gasteiger charge is 2.34. The van der Waals surface area contributed by atoms with Gasteiger partial charge in [0.25, 0.3) is 0 Å². The van der Waals surface area contributed by atoms with Crippen molar-refractivity contribution in [1.82, 2.24) is 14.9 Å². The molecule has 7 heteroatoms. The Morgan fingerprint density at radius 1 is 1.26 bits per heavy atom. The summed E-state index contributed by atoms with van der Waals surface area (Å²) in [5.74, 6) is -0.730. The zero-order valence-corrected chi connectivity index (χ0v) is 13.0. The lowest BCUT2D eigenvalue weighted by molar-refractivity contribution is -0.139. The summed E-state index contributed by atoms with van der Waals surface area (Å²) in [6.07, 6.45) is -1.50. The number of hydrogen-bond donors (Lipinski definition) is 1. The Balaban J connectivity index is 2.08. The topological polar surface area (TPSA) is 29.9 Å². The molecular weight excluding hydrogens is 310 g/mol. The fraction of sp³-hybridized carbons (Fsp3) is 0.438. The van der Waals surface area contributed by atoms with Crippen molar-refractivity contribution >= 4 is 0 Å². The molecule has 0 bridgehead atoms. The van der Waals surface area contributed by atoms with E-state index in [0.717, 1.165) is 25.2 Å². The van der Waals surface area contributed by atoms with Crippen molar-refractivity contribution in [2.45, 2.75) is 26.6 Å². The van der Waals surface area contributed by atoms with Crippen molar-refractivity contribution in [3.8, 4) is 11.3 Å². The fourth-order valence-corrected chi connectivity index (χ4v) is 2.13. The van der Waals surface area contributed by atoms with Crippen molar-refractivity contribution in [2.75, 3.05) is 13.1 Å². The maximum atomic E-state index is 13.3. The van der Waals surface area contributed by atoms with Crippen LogP contribution in [0.3, 0.4) is 0 Å². The second-order valence-corrected chi connectivity index (χ2v) is 5.79. The van der Waals surface area contributed by atoms with Gasteiger partial charge >= 0.3 is 6.18 Å². The molecule has 0 fully saturated rings. The van der Waals surface area contributed by atoms with Gasteiger partial charge in [-0.25, -0.2) is 9.37 Å². The summed E-state index contributed by atoms with van der Waals surface area (Å²) in [6, 6.07) is 2.91. The number of nitrogens with zero attached hydrogens (tertiary/aromatic N) is 2. The maximum absolute atomic E-state index is 13.3. The highest BCUT2D eigenvalue weighted by Crippen LogP contribution is 2.33. The first-order chi connectivity index (χ1) is 10.8. The highest BCUT2D eigenvalue weighted by molar-refractivity contribution is 5.59. The number of imidazole rings is 1. The molecule has 0 saturated carbocycles. The van der Waals surface area contributed by atoms with E-state index in [9.17, 15) is 17.6 Å². The maximum Gasteiger partial charge on any atom is 0.419 e. The highest BCUT2D eigenvalue weighted by atomic mass is 19.4. The molecule has 1 N–H and O–H groups in total. The minimum atomic E-state index is -4.72. The van der Waals surface area contributed by atoms with Crippen LogP contribution in [0.1, 0.15) is 19.4 Å². The normalized spacial score (nSPS) is 12.1. The average molecular weight is 329 g/mol. The molecule has 1 aromatic carbocycles. The van der Waals surface area contributed by atoms with Crippen LogP contribution in [-0.4, -0.2) is 22.6 Å². The Morgan fingerprint density at radius 3 is 2.65 bits per heavy atom.